The minimum Gasteiger partial charge on any atom is -0.0616 e. The molecule has 6 rings (SSSR count). The molecule has 0 N–H and O–H groups in total. The van der Waals surface area contributed by atoms with Gasteiger partial charge in [0.25, 0.3) is 0 Å². The topological polar surface area (TPSA) is 0 Å². The predicted molar refractivity (Wildman–Crippen MR) is 137 cm³/mol. The summed E-state index contributed by atoms with van der Waals surface area (Å²) in [4.78, 5) is 0. The highest BCUT2D eigenvalue weighted by Crippen LogP contribution is 2.50. The van der Waals surface area contributed by atoms with Gasteiger partial charge in [0.15, 0.2) is 0 Å². The predicted octanol–water partition coefficient (Wildman–Crippen LogP) is 8.79. The maximum Gasteiger partial charge on any atom is 0.0159 e. The minimum absolute atomic E-state index is 0.0357. The van der Waals surface area contributed by atoms with Crippen LogP contribution >= 0.6 is 0 Å². The van der Waals surface area contributed by atoms with Crippen molar-refractivity contribution in [2.24, 2.45) is 0 Å². The summed E-state index contributed by atoms with van der Waals surface area (Å²) in [6, 6.07) is 38.1. The Labute approximate surface area is 190 Å². The smallest absolute Gasteiger partial charge is 0.0159 e. The molecular weight excluding hydrogens is 384 g/mol. The number of benzene rings is 5. The van der Waals surface area contributed by atoms with Gasteiger partial charge in [0.1, 0.15) is 0 Å². The Morgan fingerprint density at radius 1 is 0.500 bits per heavy atom. The van der Waals surface area contributed by atoms with Crippen molar-refractivity contribution in [3.8, 4) is 33.4 Å². The monoisotopic (exact) mass is 410 g/mol. The van der Waals surface area contributed by atoms with Gasteiger partial charge < -0.3 is 0 Å². The van der Waals surface area contributed by atoms with E-state index in [2.05, 4.69) is 124 Å². The van der Waals surface area contributed by atoms with Crippen molar-refractivity contribution in [1.29, 1.82) is 0 Å². The quantitative estimate of drug-likeness (QED) is 0.273. The Balaban J connectivity index is 1.49. The third-order valence-corrected chi connectivity index (χ3v) is 7.16. The van der Waals surface area contributed by atoms with Gasteiger partial charge >= 0.3 is 0 Å². The van der Waals surface area contributed by atoms with E-state index in [9.17, 15) is 0 Å². The molecule has 154 valence electrons. The average Bonchev–Trinajstić information content (AvgIpc) is 3.05. The van der Waals surface area contributed by atoms with Crippen molar-refractivity contribution >= 4 is 10.8 Å². The van der Waals surface area contributed by atoms with Crippen LogP contribution in [0.2, 0.25) is 0 Å². The molecule has 0 saturated heterocycles. The fourth-order valence-electron chi connectivity index (χ4n) is 5.31. The van der Waals surface area contributed by atoms with Crippen LogP contribution in [-0.2, 0) is 5.41 Å². The first-order valence-corrected chi connectivity index (χ1v) is 11.4. The van der Waals surface area contributed by atoms with Gasteiger partial charge in [0.05, 0.1) is 0 Å². The molecule has 1 aliphatic carbocycles. The Kier molecular flexibility index (Phi) is 4.13. The Bertz CT molecular complexity index is 1480. The molecule has 0 bridgehead atoms. The van der Waals surface area contributed by atoms with Crippen molar-refractivity contribution in [2.75, 3.05) is 0 Å². The van der Waals surface area contributed by atoms with Crippen LogP contribution in [0.1, 0.15) is 30.5 Å². The average molecular weight is 411 g/mol. The molecule has 5 aromatic carbocycles. The summed E-state index contributed by atoms with van der Waals surface area (Å²) in [5, 5.41) is 2.60. The van der Waals surface area contributed by atoms with Crippen LogP contribution in [0, 0.1) is 6.92 Å². The Morgan fingerprint density at radius 2 is 1.09 bits per heavy atom. The van der Waals surface area contributed by atoms with Gasteiger partial charge in [-0.25, -0.2) is 0 Å². The van der Waals surface area contributed by atoms with Gasteiger partial charge in [-0.2, -0.15) is 0 Å². The van der Waals surface area contributed by atoms with Crippen molar-refractivity contribution in [3.05, 3.63) is 120 Å². The van der Waals surface area contributed by atoms with Crippen LogP contribution in [-0.4, -0.2) is 0 Å². The molecule has 0 atom stereocenters. The summed E-state index contributed by atoms with van der Waals surface area (Å²) >= 11 is 0. The zero-order chi connectivity index (χ0) is 21.9. The SMILES string of the molecule is Cc1ccc(-c2ccc3c(c2)C(C)(C)c2cc(-c4cccc5ccccc45)ccc2-3)cc1. The van der Waals surface area contributed by atoms with E-state index in [0.717, 1.165) is 0 Å². The van der Waals surface area contributed by atoms with E-state index in [-0.39, 0.29) is 5.41 Å². The standard InChI is InChI=1S/C32H26/c1-21-11-13-22(14-12-21)24-15-17-28-29-18-16-25(20-31(29)32(2,3)30(28)19-24)27-10-6-8-23-7-4-5-9-26(23)27/h4-20H,1-3H3. The van der Waals surface area contributed by atoms with Gasteiger partial charge in [-0.05, 0) is 74.3 Å². The van der Waals surface area contributed by atoms with E-state index in [1.165, 1.54) is 60.8 Å². The molecule has 1 aliphatic rings. The second-order valence-corrected chi connectivity index (χ2v) is 9.54. The van der Waals surface area contributed by atoms with Crippen molar-refractivity contribution in [3.63, 3.8) is 0 Å². The van der Waals surface area contributed by atoms with Crippen LogP contribution in [0.4, 0.5) is 0 Å². The van der Waals surface area contributed by atoms with Gasteiger partial charge in [0.2, 0.25) is 0 Å². The van der Waals surface area contributed by atoms with Crippen LogP contribution in [0.5, 0.6) is 0 Å². The summed E-state index contributed by atoms with van der Waals surface area (Å²) in [7, 11) is 0. The molecule has 0 nitrogen and oxygen atoms in total. The van der Waals surface area contributed by atoms with E-state index in [0.29, 0.717) is 0 Å². The molecule has 0 spiro atoms. The van der Waals surface area contributed by atoms with Gasteiger partial charge in [-0.3, -0.25) is 0 Å². The summed E-state index contributed by atoms with van der Waals surface area (Å²) in [6.07, 6.45) is 0. The molecule has 0 heteroatoms. The lowest BCUT2D eigenvalue weighted by Crippen LogP contribution is -2.15. The van der Waals surface area contributed by atoms with Crippen LogP contribution in [0.25, 0.3) is 44.2 Å². The Hall–Kier alpha value is -3.64. The molecule has 0 radical (unpaired) electrons. The fraction of sp³-hybridized carbons (Fsp3) is 0.125. The first kappa shape index (κ1) is 19.1. The molecule has 0 heterocycles. The number of aryl methyl sites for hydroxylation is 1. The summed E-state index contributed by atoms with van der Waals surface area (Å²) in [6.45, 7) is 6.87. The Morgan fingerprint density at radius 3 is 1.84 bits per heavy atom. The van der Waals surface area contributed by atoms with E-state index in [1.54, 1.807) is 0 Å². The van der Waals surface area contributed by atoms with Crippen molar-refractivity contribution in [1.82, 2.24) is 0 Å². The van der Waals surface area contributed by atoms with E-state index in [1.807, 2.05) is 0 Å². The minimum atomic E-state index is -0.0357. The molecule has 32 heavy (non-hydrogen) atoms. The van der Waals surface area contributed by atoms with E-state index < -0.39 is 0 Å². The van der Waals surface area contributed by atoms with E-state index in [4.69, 9.17) is 0 Å². The van der Waals surface area contributed by atoms with Crippen LogP contribution in [0.15, 0.2) is 103 Å². The zero-order valence-electron chi connectivity index (χ0n) is 18.8. The summed E-state index contributed by atoms with van der Waals surface area (Å²) in [5.74, 6) is 0. The highest BCUT2D eigenvalue weighted by molar-refractivity contribution is 5.97. The molecule has 0 aliphatic heterocycles. The molecule has 0 fully saturated rings. The number of fused-ring (bicyclic) bond motifs is 4. The lowest BCUT2D eigenvalue weighted by Gasteiger charge is -2.23. The third kappa shape index (κ3) is 2.83. The van der Waals surface area contributed by atoms with Crippen LogP contribution in [0.3, 0.4) is 0 Å². The normalized spacial score (nSPS) is 13.7. The molecule has 0 unspecified atom stereocenters. The van der Waals surface area contributed by atoms with Crippen molar-refractivity contribution < 1.29 is 0 Å². The fourth-order valence-corrected chi connectivity index (χ4v) is 5.31. The second kappa shape index (κ2) is 6.93. The molecule has 0 aromatic heterocycles. The second-order valence-electron chi connectivity index (χ2n) is 9.54. The highest BCUT2D eigenvalue weighted by Gasteiger charge is 2.35. The molecule has 0 saturated carbocycles. The maximum absolute atomic E-state index is 2.42. The molecule has 0 amide bonds. The largest absolute Gasteiger partial charge is 0.0616 e. The lowest BCUT2D eigenvalue weighted by molar-refractivity contribution is 0.661. The van der Waals surface area contributed by atoms with Gasteiger partial charge in [-0.1, -0.05) is 110 Å². The first-order valence-electron chi connectivity index (χ1n) is 11.4. The third-order valence-electron chi connectivity index (χ3n) is 7.16. The number of hydrogen-bond donors (Lipinski definition) is 0. The van der Waals surface area contributed by atoms with Crippen LogP contribution < -0.4 is 0 Å². The lowest BCUT2D eigenvalue weighted by atomic mass is 9.80. The van der Waals surface area contributed by atoms with Crippen molar-refractivity contribution in [2.45, 2.75) is 26.2 Å². The summed E-state index contributed by atoms with van der Waals surface area (Å²) in [5.41, 5.74) is 12.0. The first-order chi connectivity index (χ1) is 15.5. The number of rotatable bonds is 2. The maximum atomic E-state index is 2.42. The molecular formula is C32H26. The number of hydrogen-bond acceptors (Lipinski definition) is 0. The van der Waals surface area contributed by atoms with Gasteiger partial charge in [-0.15, -0.1) is 0 Å². The van der Waals surface area contributed by atoms with Gasteiger partial charge in [0, 0.05) is 5.41 Å². The highest BCUT2D eigenvalue weighted by atomic mass is 14.4. The summed E-state index contributed by atoms with van der Waals surface area (Å²) < 4.78 is 0. The van der Waals surface area contributed by atoms with E-state index >= 15 is 0 Å². The molecule has 5 aromatic rings. The zero-order valence-corrected chi connectivity index (χ0v) is 18.8.